The van der Waals surface area contributed by atoms with Gasteiger partial charge in [-0.15, -0.1) is 0 Å². The Morgan fingerprint density at radius 1 is 1.25 bits per heavy atom. The zero-order chi connectivity index (χ0) is 14.6. The zero-order valence-electron chi connectivity index (χ0n) is 11.1. The number of ether oxygens (including phenoxy) is 2. The zero-order valence-corrected chi connectivity index (χ0v) is 11.1. The van der Waals surface area contributed by atoms with Crippen LogP contribution < -0.4 is 5.73 Å². The second-order valence-electron chi connectivity index (χ2n) is 4.99. The molecule has 20 heavy (non-hydrogen) atoms. The Balaban J connectivity index is 2.03. The molecule has 1 saturated heterocycles. The molecule has 1 fully saturated rings. The van der Waals surface area contributed by atoms with Crippen molar-refractivity contribution in [3.63, 3.8) is 0 Å². The summed E-state index contributed by atoms with van der Waals surface area (Å²) in [5.41, 5.74) is 5.10. The molecule has 0 amide bonds. The van der Waals surface area contributed by atoms with Gasteiger partial charge in [0.2, 0.25) is 0 Å². The Labute approximate surface area is 115 Å². The van der Waals surface area contributed by atoms with E-state index in [2.05, 4.69) is 0 Å². The van der Waals surface area contributed by atoms with Crippen LogP contribution in [0.3, 0.4) is 0 Å². The number of alkyl halides is 3. The summed E-state index contributed by atoms with van der Waals surface area (Å²) in [5, 5.41) is 0. The van der Waals surface area contributed by atoms with Crippen LogP contribution in [-0.2, 0) is 22.3 Å². The molecule has 1 aliphatic heterocycles. The smallest absolute Gasteiger partial charge is 0.381 e. The molecule has 0 aromatic heterocycles. The summed E-state index contributed by atoms with van der Waals surface area (Å²) in [7, 11) is 0. The Morgan fingerprint density at radius 2 is 1.95 bits per heavy atom. The Bertz CT molecular complexity index is 442. The number of hydrogen-bond acceptors (Lipinski definition) is 3. The molecule has 6 heteroatoms. The molecule has 2 N–H and O–H groups in total. The van der Waals surface area contributed by atoms with Crippen molar-refractivity contribution >= 4 is 0 Å². The first kappa shape index (κ1) is 15.3. The van der Waals surface area contributed by atoms with E-state index in [1.165, 1.54) is 6.07 Å². The van der Waals surface area contributed by atoms with Crippen molar-refractivity contribution in [2.24, 2.45) is 5.73 Å². The minimum Gasteiger partial charge on any atom is -0.381 e. The lowest BCUT2D eigenvalue weighted by atomic mass is 9.94. The van der Waals surface area contributed by atoms with Crippen molar-refractivity contribution in [2.45, 2.75) is 31.2 Å². The minimum atomic E-state index is -4.33. The molecule has 0 radical (unpaired) electrons. The highest BCUT2D eigenvalue weighted by Gasteiger charge is 2.33. The van der Waals surface area contributed by atoms with Crippen molar-refractivity contribution in [3.8, 4) is 0 Å². The Kier molecular flexibility index (Phi) is 4.67. The molecule has 0 aliphatic carbocycles. The molecule has 1 heterocycles. The fourth-order valence-corrected chi connectivity index (χ4v) is 2.22. The van der Waals surface area contributed by atoms with Gasteiger partial charge in [0.15, 0.2) is 0 Å². The van der Waals surface area contributed by atoms with Crippen molar-refractivity contribution < 1.29 is 22.6 Å². The highest BCUT2D eigenvalue weighted by Crippen LogP contribution is 2.30. The van der Waals surface area contributed by atoms with Gasteiger partial charge in [0.25, 0.3) is 0 Å². The van der Waals surface area contributed by atoms with E-state index in [1.54, 1.807) is 6.07 Å². The first-order valence-corrected chi connectivity index (χ1v) is 6.53. The van der Waals surface area contributed by atoms with E-state index in [1.807, 2.05) is 0 Å². The van der Waals surface area contributed by atoms with E-state index in [9.17, 15) is 13.2 Å². The first-order chi connectivity index (χ1) is 9.45. The van der Waals surface area contributed by atoms with Gasteiger partial charge in [0.1, 0.15) is 0 Å². The van der Waals surface area contributed by atoms with Gasteiger partial charge in [-0.3, -0.25) is 0 Å². The summed E-state index contributed by atoms with van der Waals surface area (Å²) >= 11 is 0. The average molecular weight is 289 g/mol. The van der Waals surface area contributed by atoms with Crippen molar-refractivity contribution in [1.29, 1.82) is 0 Å². The van der Waals surface area contributed by atoms with Gasteiger partial charge < -0.3 is 15.2 Å². The van der Waals surface area contributed by atoms with Crippen LogP contribution in [0, 0.1) is 0 Å². The standard InChI is InChI=1S/C14H18F3NO2/c15-14(16,17)12-3-1-2-11(8-12)9-20-13(10-18)4-6-19-7-5-13/h1-3,8H,4-7,9-10,18H2. The second-order valence-corrected chi connectivity index (χ2v) is 4.99. The molecule has 0 bridgehead atoms. The van der Waals surface area contributed by atoms with Crippen LogP contribution in [0.25, 0.3) is 0 Å². The third-order valence-corrected chi connectivity index (χ3v) is 3.58. The topological polar surface area (TPSA) is 44.5 Å². The molecule has 1 aliphatic rings. The highest BCUT2D eigenvalue weighted by atomic mass is 19.4. The first-order valence-electron chi connectivity index (χ1n) is 6.53. The molecule has 1 aromatic carbocycles. The van der Waals surface area contributed by atoms with E-state index >= 15 is 0 Å². The van der Waals surface area contributed by atoms with Crippen molar-refractivity contribution in [2.75, 3.05) is 19.8 Å². The monoisotopic (exact) mass is 289 g/mol. The molecule has 0 unspecified atom stereocenters. The van der Waals surface area contributed by atoms with Crippen LogP contribution in [0.15, 0.2) is 24.3 Å². The van der Waals surface area contributed by atoms with Crippen LogP contribution in [0.2, 0.25) is 0 Å². The quantitative estimate of drug-likeness (QED) is 0.927. The second kappa shape index (κ2) is 6.11. The molecule has 0 spiro atoms. The lowest BCUT2D eigenvalue weighted by Gasteiger charge is -2.36. The van der Waals surface area contributed by atoms with E-state index in [0.29, 0.717) is 38.2 Å². The fourth-order valence-electron chi connectivity index (χ4n) is 2.22. The summed E-state index contributed by atoms with van der Waals surface area (Å²) in [5.74, 6) is 0. The molecular weight excluding hydrogens is 271 g/mol. The summed E-state index contributed by atoms with van der Waals surface area (Å²) < 4.78 is 48.9. The van der Waals surface area contributed by atoms with Gasteiger partial charge >= 0.3 is 6.18 Å². The number of halogens is 3. The maximum Gasteiger partial charge on any atom is 0.416 e. The summed E-state index contributed by atoms with van der Waals surface area (Å²) in [6, 6.07) is 5.18. The van der Waals surface area contributed by atoms with Crippen LogP contribution >= 0.6 is 0 Å². The largest absolute Gasteiger partial charge is 0.416 e. The predicted octanol–water partition coefficient (Wildman–Crippen LogP) is 2.73. The minimum absolute atomic E-state index is 0.126. The third kappa shape index (κ3) is 3.71. The average Bonchev–Trinajstić information content (AvgIpc) is 2.46. The van der Waals surface area contributed by atoms with Crippen LogP contribution in [-0.4, -0.2) is 25.4 Å². The number of rotatable bonds is 4. The summed E-state index contributed by atoms with van der Waals surface area (Å²) in [6.45, 7) is 1.61. The Hall–Kier alpha value is -1.11. The van der Waals surface area contributed by atoms with E-state index < -0.39 is 17.3 Å². The SMILES string of the molecule is NCC1(OCc2cccc(C(F)(F)F)c2)CCOCC1. The molecule has 3 nitrogen and oxygen atoms in total. The molecule has 0 atom stereocenters. The van der Waals surface area contributed by atoms with E-state index in [4.69, 9.17) is 15.2 Å². The Morgan fingerprint density at radius 3 is 2.55 bits per heavy atom. The van der Waals surface area contributed by atoms with Gasteiger partial charge in [-0.2, -0.15) is 13.2 Å². The molecule has 2 rings (SSSR count). The van der Waals surface area contributed by atoms with Gasteiger partial charge in [0, 0.05) is 32.6 Å². The van der Waals surface area contributed by atoms with E-state index in [-0.39, 0.29) is 6.61 Å². The third-order valence-electron chi connectivity index (χ3n) is 3.58. The predicted molar refractivity (Wildman–Crippen MR) is 68.1 cm³/mol. The molecular formula is C14H18F3NO2. The van der Waals surface area contributed by atoms with Crippen LogP contribution in [0.1, 0.15) is 24.0 Å². The molecule has 112 valence electrons. The van der Waals surface area contributed by atoms with Crippen molar-refractivity contribution in [3.05, 3.63) is 35.4 Å². The van der Waals surface area contributed by atoms with Gasteiger partial charge in [-0.25, -0.2) is 0 Å². The van der Waals surface area contributed by atoms with Crippen LogP contribution in [0.4, 0.5) is 13.2 Å². The molecule has 0 saturated carbocycles. The number of nitrogens with two attached hydrogens (primary N) is 1. The normalized spacial score (nSPS) is 19.0. The fraction of sp³-hybridized carbons (Fsp3) is 0.571. The van der Waals surface area contributed by atoms with E-state index in [0.717, 1.165) is 12.1 Å². The summed E-state index contributed by atoms with van der Waals surface area (Å²) in [4.78, 5) is 0. The summed E-state index contributed by atoms with van der Waals surface area (Å²) in [6.07, 6.45) is -2.99. The van der Waals surface area contributed by atoms with Gasteiger partial charge in [-0.1, -0.05) is 12.1 Å². The lowest BCUT2D eigenvalue weighted by molar-refractivity contribution is -0.137. The van der Waals surface area contributed by atoms with Crippen molar-refractivity contribution in [1.82, 2.24) is 0 Å². The maximum absolute atomic E-state index is 12.6. The highest BCUT2D eigenvalue weighted by molar-refractivity contribution is 5.25. The van der Waals surface area contributed by atoms with Gasteiger partial charge in [-0.05, 0) is 17.7 Å². The lowest BCUT2D eigenvalue weighted by Crippen LogP contribution is -2.45. The number of benzene rings is 1. The molecule has 1 aromatic rings. The van der Waals surface area contributed by atoms with Crippen LogP contribution in [0.5, 0.6) is 0 Å². The van der Waals surface area contributed by atoms with Gasteiger partial charge in [0.05, 0.1) is 17.8 Å². The number of hydrogen-bond donors (Lipinski definition) is 1. The maximum atomic E-state index is 12.6.